The van der Waals surface area contributed by atoms with E-state index in [2.05, 4.69) is 15.8 Å². The molecule has 2 amide bonds. The highest BCUT2D eigenvalue weighted by atomic mass is 35.5. The topological polar surface area (TPSA) is 79.8 Å². The zero-order chi connectivity index (χ0) is 23.1. The second-order valence-electron chi connectivity index (χ2n) is 7.06. The Kier molecular flexibility index (Phi) is 7.87. The molecule has 0 saturated carbocycles. The number of ether oxygens (including phenoxy) is 1. The van der Waals surface area contributed by atoms with Gasteiger partial charge in [-0.3, -0.25) is 9.59 Å². The SMILES string of the molecule is Cc1ccc(NC(=O)C(=O)N/N=C\c2cccc(OCc3ccc(Cl)c(Cl)c3)c2)cc1C. The number of rotatable bonds is 6. The molecule has 6 nitrogen and oxygen atoms in total. The molecule has 0 aliphatic heterocycles. The number of halogens is 2. The van der Waals surface area contributed by atoms with Crippen LogP contribution in [0.3, 0.4) is 0 Å². The fourth-order valence-corrected chi connectivity index (χ4v) is 3.02. The van der Waals surface area contributed by atoms with Gasteiger partial charge < -0.3 is 10.1 Å². The van der Waals surface area contributed by atoms with E-state index < -0.39 is 11.8 Å². The maximum absolute atomic E-state index is 12.0. The van der Waals surface area contributed by atoms with Gasteiger partial charge in [0.15, 0.2) is 0 Å². The number of anilines is 1. The van der Waals surface area contributed by atoms with Gasteiger partial charge in [-0.15, -0.1) is 0 Å². The smallest absolute Gasteiger partial charge is 0.329 e. The van der Waals surface area contributed by atoms with Crippen LogP contribution in [-0.2, 0) is 16.2 Å². The standard InChI is InChI=1S/C24H21Cl2N3O3/c1-15-6-8-19(10-16(15)2)28-23(30)24(31)29-27-13-17-4-3-5-20(11-17)32-14-18-7-9-21(25)22(26)12-18/h3-13H,14H2,1-2H3,(H,28,30)(H,29,31)/b27-13-. The zero-order valence-corrected chi connectivity index (χ0v) is 19.0. The Morgan fingerprint density at radius 2 is 1.75 bits per heavy atom. The van der Waals surface area contributed by atoms with E-state index >= 15 is 0 Å². The van der Waals surface area contributed by atoms with Crippen molar-refractivity contribution in [2.75, 3.05) is 5.32 Å². The first kappa shape index (κ1) is 23.3. The summed E-state index contributed by atoms with van der Waals surface area (Å²) < 4.78 is 5.76. The second-order valence-corrected chi connectivity index (χ2v) is 7.88. The normalized spacial score (nSPS) is 10.8. The lowest BCUT2D eigenvalue weighted by Gasteiger charge is -2.08. The fourth-order valence-electron chi connectivity index (χ4n) is 2.70. The van der Waals surface area contributed by atoms with Crippen molar-refractivity contribution >= 4 is 46.9 Å². The maximum atomic E-state index is 12.0. The molecule has 0 atom stereocenters. The number of aryl methyl sites for hydroxylation is 2. The van der Waals surface area contributed by atoms with Gasteiger partial charge in [-0.1, -0.05) is 47.5 Å². The van der Waals surface area contributed by atoms with Crippen LogP contribution >= 0.6 is 23.2 Å². The van der Waals surface area contributed by atoms with Crippen molar-refractivity contribution in [1.82, 2.24) is 5.43 Å². The van der Waals surface area contributed by atoms with E-state index in [0.29, 0.717) is 33.7 Å². The lowest BCUT2D eigenvalue weighted by atomic mass is 10.1. The van der Waals surface area contributed by atoms with E-state index in [0.717, 1.165) is 16.7 Å². The molecule has 0 radical (unpaired) electrons. The van der Waals surface area contributed by atoms with Gasteiger partial charge in [0.1, 0.15) is 12.4 Å². The predicted octanol–water partition coefficient (Wildman–Crippen LogP) is 5.28. The molecule has 164 valence electrons. The number of hydrogen-bond donors (Lipinski definition) is 2. The van der Waals surface area contributed by atoms with Gasteiger partial charge >= 0.3 is 11.8 Å². The van der Waals surface area contributed by atoms with Gasteiger partial charge in [-0.2, -0.15) is 5.10 Å². The molecule has 3 aromatic carbocycles. The van der Waals surface area contributed by atoms with Gasteiger partial charge in [0.25, 0.3) is 0 Å². The van der Waals surface area contributed by atoms with Crippen molar-refractivity contribution in [3.63, 3.8) is 0 Å². The molecule has 0 fully saturated rings. The van der Waals surface area contributed by atoms with Crippen LogP contribution in [0.1, 0.15) is 22.3 Å². The summed E-state index contributed by atoms with van der Waals surface area (Å²) in [5.74, 6) is -1.06. The Balaban J connectivity index is 1.53. The monoisotopic (exact) mass is 469 g/mol. The van der Waals surface area contributed by atoms with E-state index in [1.165, 1.54) is 6.21 Å². The molecule has 0 bridgehead atoms. The molecule has 3 rings (SSSR count). The van der Waals surface area contributed by atoms with Crippen molar-refractivity contribution in [2.45, 2.75) is 20.5 Å². The molecule has 0 spiro atoms. The van der Waals surface area contributed by atoms with Crippen molar-refractivity contribution in [3.05, 3.63) is 93.0 Å². The van der Waals surface area contributed by atoms with Crippen LogP contribution in [0.4, 0.5) is 5.69 Å². The van der Waals surface area contributed by atoms with E-state index in [-0.39, 0.29) is 0 Å². The first-order chi connectivity index (χ1) is 15.3. The number of hydrazone groups is 1. The molecule has 32 heavy (non-hydrogen) atoms. The summed E-state index contributed by atoms with van der Waals surface area (Å²) in [6.07, 6.45) is 1.42. The quantitative estimate of drug-likeness (QED) is 0.292. The van der Waals surface area contributed by atoms with Crippen LogP contribution in [-0.4, -0.2) is 18.0 Å². The van der Waals surface area contributed by atoms with E-state index in [1.54, 1.807) is 48.5 Å². The van der Waals surface area contributed by atoms with Crippen LogP contribution in [0.25, 0.3) is 0 Å². The second kappa shape index (κ2) is 10.8. The maximum Gasteiger partial charge on any atom is 0.329 e. The van der Waals surface area contributed by atoms with Crippen LogP contribution in [0, 0.1) is 13.8 Å². The Hall–Kier alpha value is -3.35. The Labute approximate surface area is 196 Å². The number of carbonyl (C=O) groups excluding carboxylic acids is 2. The largest absolute Gasteiger partial charge is 0.489 e. The lowest BCUT2D eigenvalue weighted by molar-refractivity contribution is -0.136. The first-order valence-corrected chi connectivity index (χ1v) is 10.5. The summed E-state index contributed by atoms with van der Waals surface area (Å²) in [4.78, 5) is 24.0. The summed E-state index contributed by atoms with van der Waals surface area (Å²) in [5, 5.41) is 7.34. The minimum atomic E-state index is -0.869. The van der Waals surface area contributed by atoms with Crippen LogP contribution in [0.5, 0.6) is 5.75 Å². The number of nitrogens with zero attached hydrogens (tertiary/aromatic N) is 1. The molecular weight excluding hydrogens is 449 g/mol. The van der Waals surface area contributed by atoms with Crippen LogP contribution in [0.15, 0.2) is 65.8 Å². The Bertz CT molecular complexity index is 1180. The molecular formula is C24H21Cl2N3O3. The van der Waals surface area contributed by atoms with Crippen molar-refractivity contribution in [1.29, 1.82) is 0 Å². The lowest BCUT2D eigenvalue weighted by Crippen LogP contribution is -2.32. The van der Waals surface area contributed by atoms with Crippen molar-refractivity contribution in [2.24, 2.45) is 5.10 Å². The fraction of sp³-hybridized carbons (Fsp3) is 0.125. The number of nitrogens with one attached hydrogen (secondary N) is 2. The summed E-state index contributed by atoms with van der Waals surface area (Å²) in [5.41, 5.74) is 6.44. The molecule has 0 aliphatic carbocycles. The molecule has 0 aliphatic rings. The van der Waals surface area contributed by atoms with Crippen LogP contribution in [0.2, 0.25) is 10.0 Å². The average Bonchev–Trinajstić information content (AvgIpc) is 2.77. The average molecular weight is 470 g/mol. The minimum Gasteiger partial charge on any atom is -0.489 e. The zero-order valence-electron chi connectivity index (χ0n) is 17.5. The molecule has 2 N–H and O–H groups in total. The molecule has 0 heterocycles. The predicted molar refractivity (Wildman–Crippen MR) is 128 cm³/mol. The Morgan fingerprint density at radius 1 is 0.938 bits per heavy atom. The van der Waals surface area contributed by atoms with Gasteiger partial charge in [-0.25, -0.2) is 5.43 Å². The highest BCUT2D eigenvalue weighted by Crippen LogP contribution is 2.23. The van der Waals surface area contributed by atoms with Gasteiger partial charge in [0, 0.05) is 5.69 Å². The van der Waals surface area contributed by atoms with Crippen molar-refractivity contribution in [3.8, 4) is 5.75 Å². The molecule has 0 unspecified atom stereocenters. The highest BCUT2D eigenvalue weighted by Gasteiger charge is 2.13. The highest BCUT2D eigenvalue weighted by molar-refractivity contribution is 6.42. The molecule has 3 aromatic rings. The third-order valence-electron chi connectivity index (χ3n) is 4.60. The van der Waals surface area contributed by atoms with E-state index in [1.807, 2.05) is 26.0 Å². The van der Waals surface area contributed by atoms with E-state index in [4.69, 9.17) is 27.9 Å². The van der Waals surface area contributed by atoms with Gasteiger partial charge in [-0.05, 0) is 72.5 Å². The summed E-state index contributed by atoms with van der Waals surface area (Å²) in [7, 11) is 0. The molecule has 0 saturated heterocycles. The third-order valence-corrected chi connectivity index (χ3v) is 5.34. The summed E-state index contributed by atoms with van der Waals surface area (Å²) in [6.45, 7) is 4.21. The Morgan fingerprint density at radius 3 is 2.50 bits per heavy atom. The van der Waals surface area contributed by atoms with Gasteiger partial charge in [0.05, 0.1) is 16.3 Å². The number of hydrogen-bond acceptors (Lipinski definition) is 4. The number of carbonyl (C=O) groups is 2. The third kappa shape index (κ3) is 6.57. The van der Waals surface area contributed by atoms with Gasteiger partial charge in [0.2, 0.25) is 0 Å². The van der Waals surface area contributed by atoms with E-state index in [9.17, 15) is 9.59 Å². The summed E-state index contributed by atoms with van der Waals surface area (Å²) >= 11 is 11.9. The minimum absolute atomic E-state index is 0.312. The first-order valence-electron chi connectivity index (χ1n) is 9.70. The van der Waals surface area contributed by atoms with Crippen LogP contribution < -0.4 is 15.5 Å². The number of benzene rings is 3. The van der Waals surface area contributed by atoms with Crippen molar-refractivity contribution < 1.29 is 14.3 Å². The summed E-state index contributed by atoms with van der Waals surface area (Å²) in [6, 6.07) is 17.8. The molecule has 0 aromatic heterocycles. The number of amides is 2. The molecule has 8 heteroatoms.